The average molecular weight is 271 g/mol. The largest absolute Gasteiger partial charge is 0.437 e. The molecule has 0 aliphatic carbocycles. The molecule has 0 radical (unpaired) electrons. The second-order valence-electron chi connectivity index (χ2n) is 7.13. The van der Waals surface area contributed by atoms with Crippen molar-refractivity contribution in [3.05, 3.63) is 0 Å². The van der Waals surface area contributed by atoms with Crippen molar-refractivity contribution >= 4 is 15.4 Å². The molecule has 0 aromatic heterocycles. The minimum absolute atomic E-state index is 0.257. The minimum Gasteiger partial charge on any atom is -0.437 e. The van der Waals surface area contributed by atoms with Crippen LogP contribution in [0.4, 0.5) is 0 Å². The molecule has 1 heterocycles. The summed E-state index contributed by atoms with van der Waals surface area (Å²) >= 11 is 0. The van der Waals surface area contributed by atoms with Crippen molar-refractivity contribution < 1.29 is 9.45 Å². The third-order valence-electron chi connectivity index (χ3n) is 4.64. The quantitative estimate of drug-likeness (QED) is 0.798. The Balaban J connectivity index is 2.66. The fraction of sp³-hybridized carbons (Fsp3) is 1.00. The molecule has 1 aliphatic rings. The van der Waals surface area contributed by atoms with Crippen molar-refractivity contribution in [3.8, 4) is 0 Å². The molecule has 0 spiro atoms. The molecule has 1 fully saturated rings. The Morgan fingerprint density at radius 1 is 1.39 bits per heavy atom. The second kappa shape index (κ2) is 5.65. The highest BCUT2D eigenvalue weighted by atomic mass is 28.4. The van der Waals surface area contributed by atoms with Crippen LogP contribution in [0, 0.1) is 0 Å². The van der Waals surface area contributed by atoms with Crippen LogP contribution in [0.3, 0.4) is 0 Å². The minimum atomic E-state index is -1.68. The van der Waals surface area contributed by atoms with Crippen molar-refractivity contribution in [1.82, 2.24) is 4.81 Å². The van der Waals surface area contributed by atoms with Crippen LogP contribution >= 0.6 is 0 Å². The van der Waals surface area contributed by atoms with E-state index in [1.807, 2.05) is 6.82 Å². The van der Waals surface area contributed by atoms with E-state index in [1.54, 1.807) is 0 Å². The lowest BCUT2D eigenvalue weighted by molar-refractivity contribution is 0.191. The lowest BCUT2D eigenvalue weighted by Gasteiger charge is -2.38. The molecule has 5 heteroatoms. The molecule has 0 amide bonds. The van der Waals surface area contributed by atoms with Crippen molar-refractivity contribution in [3.63, 3.8) is 0 Å². The Hall–Kier alpha value is 0.162. The molecule has 3 nitrogen and oxygen atoms in total. The predicted molar refractivity (Wildman–Crippen MR) is 81.3 cm³/mol. The van der Waals surface area contributed by atoms with Crippen molar-refractivity contribution in [2.24, 2.45) is 0 Å². The maximum atomic E-state index is 9.81. The van der Waals surface area contributed by atoms with Crippen LogP contribution in [0.2, 0.25) is 25.0 Å². The summed E-state index contributed by atoms with van der Waals surface area (Å²) in [7, 11) is -2.04. The van der Waals surface area contributed by atoms with E-state index in [9.17, 15) is 5.02 Å². The van der Waals surface area contributed by atoms with E-state index in [0.29, 0.717) is 12.1 Å². The van der Waals surface area contributed by atoms with Gasteiger partial charge in [-0.25, -0.2) is 0 Å². The Kier molecular flexibility index (Phi) is 5.09. The van der Waals surface area contributed by atoms with Gasteiger partial charge in [0.1, 0.15) is 0 Å². The maximum Gasteiger partial charge on any atom is 0.376 e. The first-order chi connectivity index (χ1) is 8.08. The molecule has 1 N–H and O–H groups in total. The summed E-state index contributed by atoms with van der Waals surface area (Å²) in [6.07, 6.45) is 2.45. The Labute approximate surface area is 114 Å². The van der Waals surface area contributed by atoms with Crippen molar-refractivity contribution in [2.45, 2.75) is 77.6 Å². The van der Waals surface area contributed by atoms with Gasteiger partial charge in [0.15, 0.2) is 8.32 Å². The monoisotopic (exact) mass is 271 g/mol. The van der Waals surface area contributed by atoms with Crippen LogP contribution in [0.15, 0.2) is 0 Å². The summed E-state index contributed by atoms with van der Waals surface area (Å²) < 4.78 is 6.46. The number of nitrogens with zero attached hydrogens (tertiary/aromatic N) is 1. The highest BCUT2D eigenvalue weighted by molar-refractivity contribution is 6.74. The van der Waals surface area contributed by atoms with Gasteiger partial charge in [-0.3, -0.25) is 0 Å². The zero-order valence-electron chi connectivity index (χ0n) is 13.2. The van der Waals surface area contributed by atoms with Crippen LogP contribution in [-0.2, 0) is 4.43 Å². The molecule has 0 unspecified atom stereocenters. The van der Waals surface area contributed by atoms with Crippen LogP contribution in [0.5, 0.6) is 0 Å². The smallest absolute Gasteiger partial charge is 0.376 e. The van der Waals surface area contributed by atoms with E-state index >= 15 is 0 Å². The standard InChI is InChI=1S/C13H30BNO2Si/c1-8-11-9-12(10-15(11)14(5)16)17-18(6,7)13(2,3)4/h11-12,16H,8-10H2,1-7H3/t11-,12-/m1/s1. The molecule has 2 atom stereocenters. The Morgan fingerprint density at radius 3 is 2.28 bits per heavy atom. The molecule has 1 saturated heterocycles. The Bertz CT molecular complexity index is 279. The van der Waals surface area contributed by atoms with Gasteiger partial charge in [-0.2, -0.15) is 0 Å². The first-order valence-electron chi connectivity index (χ1n) is 7.20. The van der Waals surface area contributed by atoms with Gasteiger partial charge in [-0.1, -0.05) is 27.7 Å². The fourth-order valence-electron chi connectivity index (χ4n) is 2.44. The van der Waals surface area contributed by atoms with Gasteiger partial charge >= 0.3 is 7.05 Å². The normalized spacial score (nSPS) is 26.7. The zero-order chi connectivity index (χ0) is 14.1. The van der Waals surface area contributed by atoms with E-state index in [4.69, 9.17) is 4.43 Å². The molecular formula is C13H30BNO2Si. The number of rotatable bonds is 4. The van der Waals surface area contributed by atoms with E-state index < -0.39 is 8.32 Å². The fourth-order valence-corrected chi connectivity index (χ4v) is 3.79. The summed E-state index contributed by atoms with van der Waals surface area (Å²) in [5.41, 5.74) is 0. The molecule has 1 aliphatic heterocycles. The van der Waals surface area contributed by atoms with E-state index in [2.05, 4.69) is 45.6 Å². The molecule has 106 valence electrons. The molecule has 0 aromatic rings. The molecule has 0 bridgehead atoms. The summed E-state index contributed by atoms with van der Waals surface area (Å²) in [6.45, 7) is 16.4. The molecule has 18 heavy (non-hydrogen) atoms. The van der Waals surface area contributed by atoms with Gasteiger partial charge in [-0.15, -0.1) is 0 Å². The lowest BCUT2D eigenvalue weighted by Crippen LogP contribution is -2.45. The molecule has 1 rings (SSSR count). The van der Waals surface area contributed by atoms with Gasteiger partial charge in [0.2, 0.25) is 0 Å². The van der Waals surface area contributed by atoms with Gasteiger partial charge in [0, 0.05) is 12.6 Å². The number of hydrogen-bond donors (Lipinski definition) is 1. The first kappa shape index (κ1) is 16.2. The topological polar surface area (TPSA) is 32.7 Å². The van der Waals surface area contributed by atoms with Crippen LogP contribution < -0.4 is 0 Å². The average Bonchev–Trinajstić information content (AvgIpc) is 2.58. The zero-order valence-corrected chi connectivity index (χ0v) is 14.2. The third kappa shape index (κ3) is 3.59. The summed E-state index contributed by atoms with van der Waals surface area (Å²) in [4.78, 5) is 2.18. The van der Waals surface area contributed by atoms with Gasteiger partial charge in [-0.05, 0) is 37.8 Å². The SMILES string of the molecule is CC[C@@H]1C[C@@H](O[Si](C)(C)C(C)(C)C)CN1B(C)O. The van der Waals surface area contributed by atoms with Crippen LogP contribution in [-0.4, -0.2) is 43.9 Å². The summed E-state index contributed by atoms with van der Waals surface area (Å²) in [6, 6.07) is 0.472. The molecule has 0 aromatic carbocycles. The van der Waals surface area contributed by atoms with E-state index in [0.717, 1.165) is 19.4 Å². The third-order valence-corrected chi connectivity index (χ3v) is 9.17. The molecule has 0 saturated carbocycles. The van der Waals surface area contributed by atoms with Gasteiger partial charge < -0.3 is 14.3 Å². The van der Waals surface area contributed by atoms with Crippen molar-refractivity contribution in [2.75, 3.05) is 6.54 Å². The first-order valence-corrected chi connectivity index (χ1v) is 10.1. The van der Waals surface area contributed by atoms with E-state index in [-0.39, 0.29) is 12.1 Å². The van der Waals surface area contributed by atoms with Crippen molar-refractivity contribution in [1.29, 1.82) is 0 Å². The van der Waals surface area contributed by atoms with Crippen LogP contribution in [0.1, 0.15) is 40.5 Å². The highest BCUT2D eigenvalue weighted by Gasteiger charge is 2.43. The van der Waals surface area contributed by atoms with Crippen LogP contribution in [0.25, 0.3) is 0 Å². The lowest BCUT2D eigenvalue weighted by atomic mass is 9.84. The highest BCUT2D eigenvalue weighted by Crippen LogP contribution is 2.39. The van der Waals surface area contributed by atoms with E-state index in [1.165, 1.54) is 0 Å². The van der Waals surface area contributed by atoms with Gasteiger partial charge in [0.05, 0.1) is 6.10 Å². The molecular weight excluding hydrogens is 241 g/mol. The Morgan fingerprint density at radius 2 is 1.94 bits per heavy atom. The summed E-state index contributed by atoms with van der Waals surface area (Å²) in [5, 5.41) is 10.1. The van der Waals surface area contributed by atoms with Gasteiger partial charge in [0.25, 0.3) is 0 Å². The number of hydrogen-bond acceptors (Lipinski definition) is 3. The summed E-state index contributed by atoms with van der Waals surface area (Å²) in [5.74, 6) is 0. The second-order valence-corrected chi connectivity index (χ2v) is 11.9. The maximum absolute atomic E-state index is 9.81. The predicted octanol–water partition coefficient (Wildman–Crippen LogP) is 2.97.